The van der Waals surface area contributed by atoms with Crippen LogP contribution in [0.4, 0.5) is 0 Å². The number of allylic oxidation sites excluding steroid dienone is 2. The molecule has 2 rings (SSSR count). The quantitative estimate of drug-likeness (QED) is 0.782. The van der Waals surface area contributed by atoms with Gasteiger partial charge in [0.1, 0.15) is 17.9 Å². The maximum absolute atomic E-state index is 8.89. The van der Waals surface area contributed by atoms with Gasteiger partial charge in [-0.2, -0.15) is 5.26 Å². The van der Waals surface area contributed by atoms with Gasteiger partial charge in [0.15, 0.2) is 5.76 Å². The van der Waals surface area contributed by atoms with Gasteiger partial charge in [0.2, 0.25) is 0 Å². The fraction of sp³-hybridized carbons (Fsp3) is 0.357. The van der Waals surface area contributed by atoms with Crippen molar-refractivity contribution in [1.82, 2.24) is 0 Å². The standard InChI is InChI=1S/C14H15NO2/c1-10-7-13(9-15)17-14(8-10)11-3-5-12(16-2)6-4-11/h3-7,10,14H,8H2,1-2H3/t10-,14-/m1/s1. The monoisotopic (exact) mass is 229 g/mol. The van der Waals surface area contributed by atoms with Crippen molar-refractivity contribution in [3.05, 3.63) is 41.7 Å². The van der Waals surface area contributed by atoms with E-state index in [2.05, 4.69) is 13.0 Å². The molecule has 0 spiro atoms. The summed E-state index contributed by atoms with van der Waals surface area (Å²) >= 11 is 0. The molecule has 0 aromatic heterocycles. The van der Waals surface area contributed by atoms with Crippen molar-refractivity contribution in [3.63, 3.8) is 0 Å². The Morgan fingerprint density at radius 1 is 1.35 bits per heavy atom. The van der Waals surface area contributed by atoms with Gasteiger partial charge in [0, 0.05) is 0 Å². The minimum absolute atomic E-state index is 0.0319. The SMILES string of the molecule is COc1ccc([C@H]2C[C@H](C)C=C(C#N)O2)cc1. The number of benzene rings is 1. The average molecular weight is 229 g/mol. The molecule has 0 unspecified atom stereocenters. The van der Waals surface area contributed by atoms with E-state index < -0.39 is 0 Å². The molecule has 0 aliphatic carbocycles. The Balaban J connectivity index is 2.18. The summed E-state index contributed by atoms with van der Waals surface area (Å²) in [5.41, 5.74) is 1.08. The molecule has 0 saturated carbocycles. The zero-order valence-corrected chi connectivity index (χ0v) is 10.0. The number of methoxy groups -OCH3 is 1. The third-order valence-electron chi connectivity index (χ3n) is 2.89. The number of nitriles is 1. The summed E-state index contributed by atoms with van der Waals surface area (Å²) in [5, 5.41) is 8.89. The Kier molecular flexibility index (Phi) is 3.34. The number of rotatable bonds is 2. The van der Waals surface area contributed by atoms with Crippen molar-refractivity contribution in [1.29, 1.82) is 5.26 Å². The van der Waals surface area contributed by atoms with Crippen LogP contribution in [-0.4, -0.2) is 7.11 Å². The fourth-order valence-electron chi connectivity index (χ4n) is 1.99. The molecule has 0 bridgehead atoms. The first-order valence-electron chi connectivity index (χ1n) is 5.65. The Morgan fingerprint density at radius 2 is 2.06 bits per heavy atom. The van der Waals surface area contributed by atoms with Gasteiger partial charge < -0.3 is 9.47 Å². The average Bonchev–Trinajstić information content (AvgIpc) is 2.38. The van der Waals surface area contributed by atoms with Gasteiger partial charge in [-0.3, -0.25) is 0 Å². The minimum Gasteiger partial charge on any atom is -0.497 e. The second-order valence-electron chi connectivity index (χ2n) is 4.24. The molecule has 3 heteroatoms. The number of ether oxygens (including phenoxy) is 2. The highest BCUT2D eigenvalue weighted by atomic mass is 16.5. The molecule has 1 aromatic rings. The van der Waals surface area contributed by atoms with Crippen LogP contribution >= 0.6 is 0 Å². The molecule has 1 aliphatic rings. The number of hydrogen-bond donors (Lipinski definition) is 0. The van der Waals surface area contributed by atoms with Gasteiger partial charge in [-0.05, 0) is 36.1 Å². The molecule has 0 saturated heterocycles. The van der Waals surface area contributed by atoms with Crippen LogP contribution in [0.2, 0.25) is 0 Å². The molecule has 1 aliphatic heterocycles. The highest BCUT2D eigenvalue weighted by molar-refractivity contribution is 5.30. The van der Waals surface area contributed by atoms with E-state index in [9.17, 15) is 0 Å². The summed E-state index contributed by atoms with van der Waals surface area (Å²) in [4.78, 5) is 0. The molecule has 0 N–H and O–H groups in total. The van der Waals surface area contributed by atoms with Crippen LogP contribution in [0.25, 0.3) is 0 Å². The summed E-state index contributed by atoms with van der Waals surface area (Å²) in [6.45, 7) is 2.09. The molecule has 88 valence electrons. The Morgan fingerprint density at radius 3 is 2.65 bits per heavy atom. The van der Waals surface area contributed by atoms with Gasteiger partial charge in [-0.25, -0.2) is 0 Å². The molecular weight excluding hydrogens is 214 g/mol. The Bertz CT molecular complexity index is 456. The van der Waals surface area contributed by atoms with Crippen molar-refractivity contribution >= 4 is 0 Å². The zero-order valence-electron chi connectivity index (χ0n) is 10.0. The van der Waals surface area contributed by atoms with E-state index in [1.54, 1.807) is 7.11 Å². The van der Waals surface area contributed by atoms with Crippen LogP contribution < -0.4 is 4.74 Å². The van der Waals surface area contributed by atoms with E-state index >= 15 is 0 Å². The summed E-state index contributed by atoms with van der Waals surface area (Å²) in [6, 6.07) is 9.86. The van der Waals surface area contributed by atoms with E-state index in [0.717, 1.165) is 17.7 Å². The summed E-state index contributed by atoms with van der Waals surface area (Å²) in [5.74, 6) is 1.61. The molecule has 2 atom stereocenters. The van der Waals surface area contributed by atoms with Crippen molar-refractivity contribution in [2.45, 2.75) is 19.4 Å². The van der Waals surface area contributed by atoms with Crippen LogP contribution in [-0.2, 0) is 4.74 Å². The summed E-state index contributed by atoms with van der Waals surface area (Å²) < 4.78 is 10.7. The van der Waals surface area contributed by atoms with E-state index in [-0.39, 0.29) is 6.10 Å². The van der Waals surface area contributed by atoms with Crippen LogP contribution in [0.1, 0.15) is 25.0 Å². The molecule has 0 amide bonds. The molecule has 17 heavy (non-hydrogen) atoms. The Labute approximate surface area is 101 Å². The lowest BCUT2D eigenvalue weighted by Crippen LogP contribution is -2.13. The first-order chi connectivity index (χ1) is 8.22. The highest BCUT2D eigenvalue weighted by Gasteiger charge is 2.22. The summed E-state index contributed by atoms with van der Waals surface area (Å²) in [6.07, 6.45) is 2.74. The van der Waals surface area contributed by atoms with Gasteiger partial charge in [0.25, 0.3) is 0 Å². The zero-order chi connectivity index (χ0) is 12.3. The van der Waals surface area contributed by atoms with Gasteiger partial charge in [-0.1, -0.05) is 19.1 Å². The first kappa shape index (κ1) is 11.5. The van der Waals surface area contributed by atoms with Crippen molar-refractivity contribution in [2.75, 3.05) is 7.11 Å². The van der Waals surface area contributed by atoms with Crippen LogP contribution in [0.3, 0.4) is 0 Å². The summed E-state index contributed by atoms with van der Waals surface area (Å²) in [7, 11) is 1.64. The van der Waals surface area contributed by atoms with Gasteiger partial charge in [-0.15, -0.1) is 0 Å². The van der Waals surface area contributed by atoms with Crippen LogP contribution in [0.15, 0.2) is 36.1 Å². The van der Waals surface area contributed by atoms with Gasteiger partial charge >= 0.3 is 0 Å². The molecule has 1 aromatic carbocycles. The third-order valence-corrected chi connectivity index (χ3v) is 2.89. The fourth-order valence-corrected chi connectivity index (χ4v) is 1.99. The van der Waals surface area contributed by atoms with Gasteiger partial charge in [0.05, 0.1) is 7.11 Å². The van der Waals surface area contributed by atoms with Crippen molar-refractivity contribution in [3.8, 4) is 11.8 Å². The molecule has 0 fully saturated rings. The van der Waals surface area contributed by atoms with Crippen LogP contribution in [0.5, 0.6) is 5.75 Å². The lowest BCUT2D eigenvalue weighted by atomic mass is 9.95. The number of hydrogen-bond acceptors (Lipinski definition) is 3. The normalized spacial score (nSPS) is 23.2. The molecule has 1 heterocycles. The van der Waals surface area contributed by atoms with E-state index in [1.807, 2.05) is 30.3 Å². The second-order valence-corrected chi connectivity index (χ2v) is 4.24. The van der Waals surface area contributed by atoms with Crippen molar-refractivity contribution < 1.29 is 9.47 Å². The molecule has 0 radical (unpaired) electrons. The highest BCUT2D eigenvalue weighted by Crippen LogP contribution is 2.33. The first-order valence-corrected chi connectivity index (χ1v) is 5.65. The maximum atomic E-state index is 8.89. The van der Waals surface area contributed by atoms with Crippen molar-refractivity contribution in [2.24, 2.45) is 5.92 Å². The minimum atomic E-state index is -0.0319. The maximum Gasteiger partial charge on any atom is 0.193 e. The molecule has 3 nitrogen and oxygen atoms in total. The van der Waals surface area contributed by atoms with Crippen LogP contribution in [0, 0.1) is 17.2 Å². The Hall–Kier alpha value is -1.95. The molecular formula is C14H15NO2. The van der Waals surface area contributed by atoms with E-state index in [4.69, 9.17) is 14.7 Å². The van der Waals surface area contributed by atoms with E-state index in [0.29, 0.717) is 11.7 Å². The lowest BCUT2D eigenvalue weighted by molar-refractivity contribution is 0.0923. The predicted molar refractivity (Wildman–Crippen MR) is 64.3 cm³/mol. The second kappa shape index (κ2) is 4.92. The smallest absolute Gasteiger partial charge is 0.193 e. The topological polar surface area (TPSA) is 42.2 Å². The predicted octanol–water partition coefficient (Wildman–Crippen LogP) is 3.20. The van der Waals surface area contributed by atoms with E-state index in [1.165, 1.54) is 0 Å². The number of nitrogens with zero attached hydrogens (tertiary/aromatic N) is 1. The largest absolute Gasteiger partial charge is 0.497 e. The third kappa shape index (κ3) is 2.59. The lowest BCUT2D eigenvalue weighted by Gasteiger charge is -2.25.